The second kappa shape index (κ2) is 8.19. The SMILES string of the molecule is Cc1cccc(C)c1Cn1nc(C(C)(C)C)cc1C(=O)NS(=O)(=O)c1ccccc1N. The molecule has 0 aliphatic heterocycles. The van der Waals surface area contributed by atoms with E-state index in [1.165, 1.54) is 12.1 Å². The number of para-hydroxylation sites is 1. The number of rotatable bonds is 5. The van der Waals surface area contributed by atoms with Crippen LogP contribution in [-0.2, 0) is 22.0 Å². The molecule has 0 radical (unpaired) electrons. The normalized spacial score (nSPS) is 12.0. The lowest BCUT2D eigenvalue weighted by molar-refractivity contribution is 0.0971. The lowest BCUT2D eigenvalue weighted by atomic mass is 9.92. The number of nitrogens with zero attached hydrogens (tertiary/aromatic N) is 2. The van der Waals surface area contributed by atoms with E-state index in [9.17, 15) is 13.2 Å². The molecule has 8 heteroatoms. The first-order valence-corrected chi connectivity index (χ1v) is 11.4. The van der Waals surface area contributed by atoms with Gasteiger partial charge in [0.25, 0.3) is 15.9 Å². The largest absolute Gasteiger partial charge is 0.398 e. The molecule has 3 rings (SSSR count). The number of aromatic nitrogens is 2. The van der Waals surface area contributed by atoms with Gasteiger partial charge in [0.05, 0.1) is 17.9 Å². The molecule has 0 spiro atoms. The maximum Gasteiger partial charge on any atom is 0.283 e. The Morgan fingerprint density at radius 3 is 2.26 bits per heavy atom. The molecule has 1 aromatic heterocycles. The zero-order chi connectivity index (χ0) is 23.0. The number of sulfonamides is 1. The van der Waals surface area contributed by atoms with E-state index in [-0.39, 0.29) is 21.7 Å². The number of nitrogens with one attached hydrogen (secondary N) is 1. The van der Waals surface area contributed by atoms with Gasteiger partial charge < -0.3 is 5.73 Å². The summed E-state index contributed by atoms with van der Waals surface area (Å²) in [5, 5.41) is 4.64. The molecular weight excluding hydrogens is 412 g/mol. The summed E-state index contributed by atoms with van der Waals surface area (Å²) in [6, 6.07) is 13.6. The predicted molar refractivity (Wildman–Crippen MR) is 121 cm³/mol. The van der Waals surface area contributed by atoms with Gasteiger partial charge in [0.2, 0.25) is 0 Å². The minimum Gasteiger partial charge on any atom is -0.398 e. The first kappa shape index (κ1) is 22.6. The number of aryl methyl sites for hydroxylation is 2. The zero-order valence-corrected chi connectivity index (χ0v) is 19.2. The molecule has 0 aliphatic rings. The Balaban J connectivity index is 2.02. The smallest absolute Gasteiger partial charge is 0.283 e. The molecule has 2 aromatic carbocycles. The number of benzene rings is 2. The molecule has 0 fully saturated rings. The van der Waals surface area contributed by atoms with Gasteiger partial charge in [-0.2, -0.15) is 5.10 Å². The number of nitrogen functional groups attached to an aromatic ring is 1. The topological polar surface area (TPSA) is 107 Å². The van der Waals surface area contributed by atoms with Crippen LogP contribution in [0.25, 0.3) is 0 Å². The predicted octanol–water partition coefficient (Wildman–Crippen LogP) is 3.55. The van der Waals surface area contributed by atoms with Crippen molar-refractivity contribution in [3.8, 4) is 0 Å². The summed E-state index contributed by atoms with van der Waals surface area (Å²) in [6.07, 6.45) is 0. The summed E-state index contributed by atoms with van der Waals surface area (Å²) in [5.41, 5.74) is 9.61. The van der Waals surface area contributed by atoms with Crippen LogP contribution in [0.1, 0.15) is 53.6 Å². The van der Waals surface area contributed by atoms with E-state index in [1.54, 1.807) is 22.9 Å². The van der Waals surface area contributed by atoms with Crippen molar-refractivity contribution in [2.45, 2.75) is 51.5 Å². The number of hydrogen-bond donors (Lipinski definition) is 2. The fourth-order valence-corrected chi connectivity index (χ4v) is 4.38. The molecule has 3 aromatic rings. The Morgan fingerprint density at radius 2 is 1.68 bits per heavy atom. The van der Waals surface area contributed by atoms with Crippen LogP contribution in [0, 0.1) is 13.8 Å². The minimum absolute atomic E-state index is 0.0715. The summed E-state index contributed by atoms with van der Waals surface area (Å²) in [4.78, 5) is 12.9. The van der Waals surface area contributed by atoms with Gasteiger partial charge in [-0.25, -0.2) is 13.1 Å². The summed E-state index contributed by atoms with van der Waals surface area (Å²) >= 11 is 0. The summed E-state index contributed by atoms with van der Waals surface area (Å²) in [6.45, 7) is 10.3. The number of carbonyl (C=O) groups is 1. The fourth-order valence-electron chi connectivity index (χ4n) is 3.29. The van der Waals surface area contributed by atoms with Crippen LogP contribution in [-0.4, -0.2) is 24.1 Å². The number of amides is 1. The monoisotopic (exact) mass is 440 g/mol. The molecule has 31 heavy (non-hydrogen) atoms. The Morgan fingerprint density at radius 1 is 1.06 bits per heavy atom. The maximum absolute atomic E-state index is 13.1. The quantitative estimate of drug-likeness (QED) is 0.590. The Labute approximate surface area is 183 Å². The van der Waals surface area contributed by atoms with E-state index in [4.69, 9.17) is 5.73 Å². The van der Waals surface area contributed by atoms with Crippen molar-refractivity contribution in [2.75, 3.05) is 5.73 Å². The van der Waals surface area contributed by atoms with Crippen molar-refractivity contribution in [1.82, 2.24) is 14.5 Å². The summed E-state index contributed by atoms with van der Waals surface area (Å²) in [7, 11) is -4.14. The van der Waals surface area contributed by atoms with Gasteiger partial charge in [-0.3, -0.25) is 9.48 Å². The van der Waals surface area contributed by atoms with Crippen molar-refractivity contribution in [2.24, 2.45) is 0 Å². The maximum atomic E-state index is 13.1. The number of nitrogens with two attached hydrogens (primary N) is 1. The summed E-state index contributed by atoms with van der Waals surface area (Å²) < 4.78 is 29.3. The molecule has 0 saturated carbocycles. The van der Waals surface area contributed by atoms with E-state index in [0.717, 1.165) is 16.7 Å². The molecule has 0 saturated heterocycles. The van der Waals surface area contributed by atoms with Crippen molar-refractivity contribution in [3.63, 3.8) is 0 Å². The molecule has 3 N–H and O–H groups in total. The lowest BCUT2D eigenvalue weighted by Gasteiger charge is -2.15. The molecule has 0 bridgehead atoms. The highest BCUT2D eigenvalue weighted by molar-refractivity contribution is 7.90. The fraction of sp³-hybridized carbons (Fsp3) is 0.304. The van der Waals surface area contributed by atoms with Gasteiger partial charge in [-0.05, 0) is 48.7 Å². The molecule has 0 aliphatic carbocycles. The van der Waals surface area contributed by atoms with E-state index in [1.807, 2.05) is 52.8 Å². The van der Waals surface area contributed by atoms with Crippen molar-refractivity contribution in [1.29, 1.82) is 0 Å². The summed E-state index contributed by atoms with van der Waals surface area (Å²) in [5.74, 6) is -0.752. The van der Waals surface area contributed by atoms with Crippen LogP contribution in [0.3, 0.4) is 0 Å². The number of carbonyl (C=O) groups excluding carboxylic acids is 1. The standard InChI is InChI=1S/C23H28N4O3S/c1-15-9-8-10-16(2)17(15)14-27-19(13-21(25-27)23(3,4)5)22(28)26-31(29,30)20-12-7-6-11-18(20)24/h6-13H,14,24H2,1-5H3,(H,26,28). The molecule has 1 heterocycles. The van der Waals surface area contributed by atoms with Crippen molar-refractivity contribution in [3.05, 3.63) is 76.6 Å². The Kier molecular flexibility index (Phi) is 5.96. The van der Waals surface area contributed by atoms with E-state index in [0.29, 0.717) is 12.2 Å². The number of anilines is 1. The Bertz CT molecular complexity index is 1220. The molecule has 1 amide bonds. The molecule has 0 unspecified atom stereocenters. The molecular formula is C23H28N4O3S. The highest BCUT2D eigenvalue weighted by Gasteiger charge is 2.27. The lowest BCUT2D eigenvalue weighted by Crippen LogP contribution is -2.32. The van der Waals surface area contributed by atoms with E-state index < -0.39 is 15.9 Å². The third-order valence-electron chi connectivity index (χ3n) is 5.17. The van der Waals surface area contributed by atoms with Gasteiger partial charge in [-0.1, -0.05) is 51.1 Å². The average Bonchev–Trinajstić information content (AvgIpc) is 3.09. The molecule has 7 nitrogen and oxygen atoms in total. The van der Waals surface area contributed by atoms with E-state index >= 15 is 0 Å². The van der Waals surface area contributed by atoms with Gasteiger partial charge in [0.1, 0.15) is 10.6 Å². The van der Waals surface area contributed by atoms with Gasteiger partial charge in [0.15, 0.2) is 0 Å². The van der Waals surface area contributed by atoms with Crippen LogP contribution in [0.4, 0.5) is 5.69 Å². The highest BCUT2D eigenvalue weighted by Crippen LogP contribution is 2.24. The molecule has 164 valence electrons. The van der Waals surface area contributed by atoms with Gasteiger partial charge in [0, 0.05) is 5.41 Å². The van der Waals surface area contributed by atoms with Crippen LogP contribution >= 0.6 is 0 Å². The highest BCUT2D eigenvalue weighted by atomic mass is 32.2. The second-order valence-corrected chi connectivity index (χ2v) is 10.3. The van der Waals surface area contributed by atoms with Crippen LogP contribution in [0.15, 0.2) is 53.4 Å². The third kappa shape index (κ3) is 4.80. The zero-order valence-electron chi connectivity index (χ0n) is 18.4. The molecule has 0 atom stereocenters. The van der Waals surface area contributed by atoms with Gasteiger partial charge >= 0.3 is 0 Å². The van der Waals surface area contributed by atoms with Gasteiger partial charge in [-0.15, -0.1) is 0 Å². The van der Waals surface area contributed by atoms with Crippen molar-refractivity contribution < 1.29 is 13.2 Å². The minimum atomic E-state index is -4.14. The first-order chi connectivity index (χ1) is 14.4. The van der Waals surface area contributed by atoms with Crippen molar-refractivity contribution >= 4 is 21.6 Å². The second-order valence-electron chi connectivity index (χ2n) is 8.67. The number of hydrogen-bond acceptors (Lipinski definition) is 5. The average molecular weight is 441 g/mol. The first-order valence-electron chi connectivity index (χ1n) is 9.95. The van der Waals surface area contributed by atoms with Crippen LogP contribution in [0.5, 0.6) is 0 Å². The van der Waals surface area contributed by atoms with Crippen LogP contribution in [0.2, 0.25) is 0 Å². The Hall–Kier alpha value is -3.13. The van der Waals surface area contributed by atoms with Crippen LogP contribution < -0.4 is 10.5 Å². The third-order valence-corrected chi connectivity index (χ3v) is 6.57. The van der Waals surface area contributed by atoms with E-state index in [2.05, 4.69) is 9.82 Å².